The number of hydrogen-bond donors (Lipinski definition) is 2. The zero-order valence-electron chi connectivity index (χ0n) is 12.6. The molecule has 8 heteroatoms. The van der Waals surface area contributed by atoms with Crippen molar-refractivity contribution in [1.82, 2.24) is 19.6 Å². The normalized spacial score (nSPS) is 12.6. The number of fused-ring (bicyclic) bond motifs is 1. The van der Waals surface area contributed by atoms with Gasteiger partial charge in [-0.25, -0.2) is 9.37 Å². The predicted octanol–water partition coefficient (Wildman–Crippen LogP) is 2.68. The van der Waals surface area contributed by atoms with Crippen LogP contribution >= 0.6 is 11.6 Å². The van der Waals surface area contributed by atoms with Crippen LogP contribution in [0.2, 0.25) is 5.02 Å². The molecule has 0 aliphatic carbocycles. The number of aromatic nitrogens is 4. The quantitative estimate of drug-likeness (QED) is 0.766. The van der Waals surface area contributed by atoms with Crippen molar-refractivity contribution in [3.8, 4) is 0 Å². The Labute approximate surface area is 137 Å². The second kappa shape index (κ2) is 6.10. The lowest BCUT2D eigenvalue weighted by Gasteiger charge is -2.16. The van der Waals surface area contributed by atoms with Crippen LogP contribution in [-0.4, -0.2) is 31.2 Å². The topological polar surface area (TPSA) is 75.3 Å². The van der Waals surface area contributed by atoms with Gasteiger partial charge in [-0.3, -0.25) is 0 Å². The van der Waals surface area contributed by atoms with Crippen LogP contribution in [0.3, 0.4) is 0 Å². The van der Waals surface area contributed by atoms with E-state index in [4.69, 9.17) is 11.6 Å². The van der Waals surface area contributed by atoms with Crippen LogP contribution in [0, 0.1) is 19.7 Å². The first-order valence-electron chi connectivity index (χ1n) is 7.01. The molecule has 2 N–H and O–H groups in total. The highest BCUT2D eigenvalue weighted by molar-refractivity contribution is 6.30. The molecular weight excluding hydrogens is 321 g/mol. The molecule has 2 heterocycles. The highest BCUT2D eigenvalue weighted by Crippen LogP contribution is 2.22. The maximum absolute atomic E-state index is 13.5. The largest absolute Gasteiger partial charge is 0.387 e. The van der Waals surface area contributed by atoms with Gasteiger partial charge in [0.25, 0.3) is 5.78 Å². The Balaban J connectivity index is 1.84. The molecule has 1 atom stereocenters. The summed E-state index contributed by atoms with van der Waals surface area (Å²) >= 11 is 5.65. The third kappa shape index (κ3) is 2.97. The summed E-state index contributed by atoms with van der Waals surface area (Å²) < 4.78 is 15.1. The van der Waals surface area contributed by atoms with Gasteiger partial charge in [0.1, 0.15) is 18.0 Å². The molecule has 3 aromatic rings. The number of rotatable bonds is 4. The Morgan fingerprint density at radius 2 is 2.17 bits per heavy atom. The molecule has 0 radical (unpaired) electrons. The monoisotopic (exact) mass is 335 g/mol. The van der Waals surface area contributed by atoms with Gasteiger partial charge in [0.2, 0.25) is 0 Å². The van der Waals surface area contributed by atoms with Crippen LogP contribution in [-0.2, 0) is 0 Å². The van der Waals surface area contributed by atoms with Crippen LogP contribution in [0.4, 0.5) is 10.2 Å². The molecule has 0 aliphatic heterocycles. The average Bonchev–Trinajstić information content (AvgIpc) is 2.98. The third-order valence-electron chi connectivity index (χ3n) is 3.70. The molecule has 0 spiro atoms. The van der Waals surface area contributed by atoms with Gasteiger partial charge in [0.05, 0.1) is 11.1 Å². The first-order chi connectivity index (χ1) is 11.0. The molecule has 0 fully saturated rings. The van der Waals surface area contributed by atoms with E-state index < -0.39 is 11.9 Å². The summed E-state index contributed by atoms with van der Waals surface area (Å²) in [5.74, 6) is 0.610. The van der Waals surface area contributed by atoms with Gasteiger partial charge < -0.3 is 10.4 Å². The summed E-state index contributed by atoms with van der Waals surface area (Å²) in [6.07, 6.45) is 0.519. The van der Waals surface area contributed by atoms with Gasteiger partial charge in [-0.15, -0.1) is 0 Å². The van der Waals surface area contributed by atoms with Crippen molar-refractivity contribution in [3.63, 3.8) is 0 Å². The van der Waals surface area contributed by atoms with Crippen molar-refractivity contribution in [3.05, 3.63) is 52.2 Å². The van der Waals surface area contributed by atoms with E-state index >= 15 is 0 Å². The van der Waals surface area contributed by atoms with Gasteiger partial charge in [-0.05, 0) is 31.5 Å². The maximum atomic E-state index is 13.5. The molecule has 0 saturated heterocycles. The SMILES string of the molecule is Cc1nc2ncnn2c(NCC(O)c2ccc(Cl)c(F)c2)c1C. The second-order valence-corrected chi connectivity index (χ2v) is 5.62. The van der Waals surface area contributed by atoms with Crippen LogP contribution in [0.25, 0.3) is 5.78 Å². The predicted molar refractivity (Wildman–Crippen MR) is 85.1 cm³/mol. The highest BCUT2D eigenvalue weighted by atomic mass is 35.5. The molecule has 2 aromatic heterocycles. The Kier molecular flexibility index (Phi) is 4.14. The number of aryl methyl sites for hydroxylation is 1. The lowest BCUT2D eigenvalue weighted by molar-refractivity contribution is 0.191. The lowest BCUT2D eigenvalue weighted by Crippen LogP contribution is -2.16. The minimum atomic E-state index is -0.895. The van der Waals surface area contributed by atoms with Crippen LogP contribution < -0.4 is 5.32 Å². The Morgan fingerprint density at radius 3 is 2.91 bits per heavy atom. The molecule has 1 unspecified atom stereocenters. The van der Waals surface area contributed by atoms with E-state index in [0.717, 1.165) is 11.3 Å². The Hall–Kier alpha value is -2.25. The number of nitrogens with one attached hydrogen (secondary N) is 1. The minimum Gasteiger partial charge on any atom is -0.387 e. The summed E-state index contributed by atoms with van der Waals surface area (Å²) in [6, 6.07) is 4.24. The van der Waals surface area contributed by atoms with Gasteiger partial charge in [-0.1, -0.05) is 17.7 Å². The fourth-order valence-corrected chi connectivity index (χ4v) is 2.39. The van der Waals surface area contributed by atoms with Crippen molar-refractivity contribution in [2.24, 2.45) is 0 Å². The zero-order valence-corrected chi connectivity index (χ0v) is 13.3. The number of hydrogen-bond acceptors (Lipinski definition) is 5. The van der Waals surface area contributed by atoms with E-state index in [1.165, 1.54) is 18.5 Å². The van der Waals surface area contributed by atoms with Crippen molar-refractivity contribution < 1.29 is 9.50 Å². The number of benzene rings is 1. The number of anilines is 1. The molecule has 120 valence electrons. The minimum absolute atomic E-state index is 0.0267. The molecular formula is C15H15ClFN5O. The fourth-order valence-electron chi connectivity index (χ4n) is 2.27. The number of aliphatic hydroxyl groups excluding tert-OH is 1. The van der Waals surface area contributed by atoms with Crippen molar-refractivity contribution >= 4 is 23.2 Å². The third-order valence-corrected chi connectivity index (χ3v) is 4.00. The lowest BCUT2D eigenvalue weighted by atomic mass is 10.1. The molecule has 0 amide bonds. The molecule has 0 aliphatic rings. The Morgan fingerprint density at radius 1 is 1.39 bits per heavy atom. The molecule has 6 nitrogen and oxygen atoms in total. The summed E-state index contributed by atoms with van der Waals surface area (Å²) in [5.41, 5.74) is 2.16. The van der Waals surface area contributed by atoms with Gasteiger partial charge >= 0.3 is 0 Å². The first kappa shape index (κ1) is 15.6. The van der Waals surface area contributed by atoms with E-state index in [9.17, 15) is 9.50 Å². The van der Waals surface area contributed by atoms with Crippen LogP contribution in [0.15, 0.2) is 24.5 Å². The molecule has 23 heavy (non-hydrogen) atoms. The average molecular weight is 336 g/mol. The fraction of sp³-hybridized carbons (Fsp3) is 0.267. The second-order valence-electron chi connectivity index (χ2n) is 5.21. The Bertz CT molecular complexity index is 866. The van der Waals surface area contributed by atoms with E-state index in [2.05, 4.69) is 20.4 Å². The van der Waals surface area contributed by atoms with E-state index in [1.54, 1.807) is 10.6 Å². The number of aliphatic hydroxyl groups is 1. The van der Waals surface area contributed by atoms with Gasteiger partial charge in [0, 0.05) is 17.8 Å². The van der Waals surface area contributed by atoms with Crippen molar-refractivity contribution in [1.29, 1.82) is 0 Å². The number of nitrogens with zero attached hydrogens (tertiary/aromatic N) is 4. The summed E-state index contributed by atoms with van der Waals surface area (Å²) in [4.78, 5) is 8.39. The number of halogens is 2. The summed E-state index contributed by atoms with van der Waals surface area (Å²) in [5, 5.41) is 17.5. The molecule has 1 aromatic carbocycles. The molecule has 3 rings (SSSR count). The summed E-state index contributed by atoms with van der Waals surface area (Å²) in [6.45, 7) is 3.96. The van der Waals surface area contributed by atoms with Crippen LogP contribution in [0.1, 0.15) is 22.9 Å². The standard InChI is InChI=1S/C15H15ClFN5O/c1-8-9(2)21-15-19-7-20-22(15)14(8)18-6-13(23)10-3-4-11(16)12(17)5-10/h3-5,7,13,18,23H,6H2,1-2H3. The highest BCUT2D eigenvalue weighted by Gasteiger charge is 2.14. The van der Waals surface area contributed by atoms with E-state index in [0.29, 0.717) is 17.2 Å². The first-order valence-corrected chi connectivity index (χ1v) is 7.39. The van der Waals surface area contributed by atoms with Gasteiger partial charge in [0.15, 0.2) is 0 Å². The zero-order chi connectivity index (χ0) is 16.6. The van der Waals surface area contributed by atoms with E-state index in [1.807, 2.05) is 13.8 Å². The molecule has 0 saturated carbocycles. The van der Waals surface area contributed by atoms with Crippen molar-refractivity contribution in [2.75, 3.05) is 11.9 Å². The van der Waals surface area contributed by atoms with E-state index in [-0.39, 0.29) is 11.6 Å². The maximum Gasteiger partial charge on any atom is 0.254 e. The van der Waals surface area contributed by atoms with Gasteiger partial charge in [-0.2, -0.15) is 14.6 Å². The smallest absolute Gasteiger partial charge is 0.254 e. The van der Waals surface area contributed by atoms with Crippen LogP contribution in [0.5, 0.6) is 0 Å². The summed E-state index contributed by atoms with van der Waals surface area (Å²) in [7, 11) is 0. The van der Waals surface area contributed by atoms with Crippen molar-refractivity contribution in [2.45, 2.75) is 20.0 Å². The molecule has 0 bridgehead atoms.